The Morgan fingerprint density at radius 3 is 1.42 bits per heavy atom. The average molecular weight is 854 g/mol. The summed E-state index contributed by atoms with van der Waals surface area (Å²) in [5, 5.41) is 0. The molecule has 0 aromatic carbocycles. The lowest BCUT2D eigenvalue weighted by atomic mass is 10.1. The second-order valence-electron chi connectivity index (χ2n) is 16.6. The molecule has 0 aliphatic carbocycles. The van der Waals surface area contributed by atoms with Crippen LogP contribution in [-0.2, 0) is 38.0 Å². The average Bonchev–Trinajstić information content (AvgIpc) is 3.25. The minimum atomic E-state index is -0.778. The summed E-state index contributed by atoms with van der Waals surface area (Å²) in [5.41, 5.74) is 0. The predicted molar refractivity (Wildman–Crippen MR) is 246 cm³/mol. The molecule has 60 heavy (non-hydrogen) atoms. The number of hydrogen-bond donors (Lipinski definition) is 0. The van der Waals surface area contributed by atoms with Gasteiger partial charge in [0.1, 0.15) is 19.8 Å². The fraction of sp³-hybridized carbons (Fsp3) is 0.900. The number of nitrogens with zero attached hydrogens (tertiary/aromatic N) is 1. The molecule has 0 heterocycles. The van der Waals surface area contributed by atoms with Gasteiger partial charge in [0, 0.05) is 32.6 Å². The van der Waals surface area contributed by atoms with Crippen LogP contribution in [0.5, 0.6) is 0 Å². The van der Waals surface area contributed by atoms with Crippen molar-refractivity contribution in [3.05, 3.63) is 12.2 Å². The van der Waals surface area contributed by atoms with Crippen LogP contribution in [0.25, 0.3) is 0 Å². The topological polar surface area (TPSA) is 110 Å². The van der Waals surface area contributed by atoms with Gasteiger partial charge in [-0.05, 0) is 64.5 Å². The maximum atomic E-state index is 12.9. The van der Waals surface area contributed by atoms with E-state index < -0.39 is 24.3 Å². The monoisotopic (exact) mass is 854 g/mol. The summed E-state index contributed by atoms with van der Waals surface area (Å²) in [4.78, 5) is 40.3. The summed E-state index contributed by atoms with van der Waals surface area (Å²) in [6, 6.07) is 0. The Morgan fingerprint density at radius 1 is 0.450 bits per heavy atom. The molecule has 0 aromatic heterocycles. The zero-order valence-corrected chi connectivity index (χ0v) is 39.8. The molecular weight excluding hydrogens is 759 g/mol. The molecule has 0 rings (SSSR count). The van der Waals surface area contributed by atoms with E-state index in [-0.39, 0.29) is 38.8 Å². The van der Waals surface area contributed by atoms with Crippen LogP contribution in [0.1, 0.15) is 221 Å². The fourth-order valence-electron chi connectivity index (χ4n) is 6.91. The second-order valence-corrected chi connectivity index (χ2v) is 16.6. The lowest BCUT2D eigenvalue weighted by Crippen LogP contribution is -2.28. The number of rotatable bonds is 46. The van der Waals surface area contributed by atoms with Gasteiger partial charge in [-0.2, -0.15) is 0 Å². The Hall–Kier alpha value is -2.17. The zero-order chi connectivity index (χ0) is 44.0. The van der Waals surface area contributed by atoms with Crippen molar-refractivity contribution in [2.45, 2.75) is 227 Å². The summed E-state index contributed by atoms with van der Waals surface area (Å²) in [6.07, 6.45) is 34.6. The van der Waals surface area contributed by atoms with Crippen molar-refractivity contribution in [3.63, 3.8) is 0 Å². The highest BCUT2D eigenvalue weighted by Crippen LogP contribution is 2.15. The van der Waals surface area contributed by atoms with Crippen LogP contribution >= 0.6 is 0 Å². The summed E-state index contributed by atoms with van der Waals surface area (Å²) < 4.78 is 34.1. The van der Waals surface area contributed by atoms with Crippen LogP contribution in [0, 0.1) is 5.92 Å². The lowest BCUT2D eigenvalue weighted by molar-refractivity contribution is -0.161. The maximum Gasteiger partial charge on any atom is 0.508 e. The first-order valence-electron chi connectivity index (χ1n) is 25.1. The molecule has 0 fully saturated rings. The van der Waals surface area contributed by atoms with Gasteiger partial charge in [0.15, 0.2) is 6.29 Å². The summed E-state index contributed by atoms with van der Waals surface area (Å²) in [7, 11) is 0. The highest BCUT2D eigenvalue weighted by molar-refractivity contribution is 5.69. The minimum Gasteiger partial charge on any atom is -0.465 e. The molecule has 10 heteroatoms. The number of esters is 2. The number of hydrogen-bond acceptors (Lipinski definition) is 10. The van der Waals surface area contributed by atoms with Crippen LogP contribution < -0.4 is 0 Å². The molecule has 0 bridgehead atoms. The van der Waals surface area contributed by atoms with Gasteiger partial charge in [-0.1, -0.05) is 162 Å². The van der Waals surface area contributed by atoms with E-state index in [4.69, 9.17) is 28.4 Å². The standard InChI is InChI=1S/C50H95NO9/c1-6-11-14-17-20-21-22-23-24-25-26-27-28-29-32-36-47(52)58-43-46(45-60-50(54)57-42-35-39-51(9-4)10-5)44-59-48(53)37-38-49(55-40-33-30-18-15-12-7-2)56-41-34-31-19-16-13-8-3/h20-21,46,49H,6-19,22-45H2,1-5H3/b21-20-. The van der Waals surface area contributed by atoms with Crippen molar-refractivity contribution in [1.29, 1.82) is 0 Å². The number of allylic oxidation sites excluding steroid dienone is 2. The van der Waals surface area contributed by atoms with Crippen molar-refractivity contribution < 1.29 is 42.8 Å². The summed E-state index contributed by atoms with van der Waals surface area (Å²) in [6.45, 7) is 14.9. The van der Waals surface area contributed by atoms with E-state index in [0.717, 1.165) is 64.6 Å². The number of carbonyl (C=O) groups excluding carboxylic acids is 3. The normalized spacial score (nSPS) is 12.1. The van der Waals surface area contributed by atoms with Crippen molar-refractivity contribution in [2.24, 2.45) is 5.92 Å². The van der Waals surface area contributed by atoms with Crippen molar-refractivity contribution in [2.75, 3.05) is 59.3 Å². The Morgan fingerprint density at radius 2 is 0.883 bits per heavy atom. The van der Waals surface area contributed by atoms with E-state index in [1.165, 1.54) is 116 Å². The molecule has 0 N–H and O–H groups in total. The fourth-order valence-corrected chi connectivity index (χ4v) is 6.91. The summed E-state index contributed by atoms with van der Waals surface area (Å²) >= 11 is 0. The van der Waals surface area contributed by atoms with Gasteiger partial charge >= 0.3 is 18.1 Å². The third-order valence-corrected chi connectivity index (χ3v) is 11.0. The Bertz CT molecular complexity index is 955. The van der Waals surface area contributed by atoms with E-state index >= 15 is 0 Å². The molecule has 10 nitrogen and oxygen atoms in total. The van der Waals surface area contributed by atoms with Crippen LogP contribution in [0.4, 0.5) is 4.79 Å². The quantitative estimate of drug-likeness (QED) is 0.0193. The number of unbranched alkanes of at least 4 members (excludes halogenated alkanes) is 21. The highest BCUT2D eigenvalue weighted by Gasteiger charge is 2.20. The molecule has 354 valence electrons. The van der Waals surface area contributed by atoms with Gasteiger partial charge < -0.3 is 33.3 Å². The van der Waals surface area contributed by atoms with Gasteiger partial charge in [0.2, 0.25) is 0 Å². The second kappa shape index (κ2) is 46.3. The smallest absolute Gasteiger partial charge is 0.465 e. The van der Waals surface area contributed by atoms with Gasteiger partial charge in [0.25, 0.3) is 0 Å². The summed E-state index contributed by atoms with van der Waals surface area (Å²) in [5.74, 6) is -1.20. The Balaban J connectivity index is 4.80. The first kappa shape index (κ1) is 57.8. The predicted octanol–water partition coefficient (Wildman–Crippen LogP) is 13.5. The molecular formula is C50H95NO9. The van der Waals surface area contributed by atoms with Gasteiger partial charge in [-0.15, -0.1) is 0 Å². The van der Waals surface area contributed by atoms with E-state index in [9.17, 15) is 14.4 Å². The van der Waals surface area contributed by atoms with E-state index in [2.05, 4.69) is 51.7 Å². The van der Waals surface area contributed by atoms with Crippen LogP contribution in [0.2, 0.25) is 0 Å². The van der Waals surface area contributed by atoms with Gasteiger partial charge in [0.05, 0.1) is 18.9 Å². The van der Waals surface area contributed by atoms with Crippen molar-refractivity contribution in [1.82, 2.24) is 4.90 Å². The van der Waals surface area contributed by atoms with E-state index in [0.29, 0.717) is 32.5 Å². The van der Waals surface area contributed by atoms with E-state index in [1.807, 2.05) is 0 Å². The van der Waals surface area contributed by atoms with Crippen LogP contribution in [0.3, 0.4) is 0 Å². The van der Waals surface area contributed by atoms with Gasteiger partial charge in [-0.25, -0.2) is 4.79 Å². The minimum absolute atomic E-state index is 0.0133. The van der Waals surface area contributed by atoms with Crippen LogP contribution in [-0.4, -0.2) is 88.6 Å². The number of carbonyl (C=O) groups is 3. The first-order valence-corrected chi connectivity index (χ1v) is 25.1. The molecule has 0 aromatic rings. The van der Waals surface area contributed by atoms with Gasteiger partial charge in [-0.3, -0.25) is 9.59 Å². The SMILES string of the molecule is CCCCC/C=C\CCCCCCCCCCC(=O)OCC(COC(=O)CCC(OCCCCCCCC)OCCCCCCCC)COC(=O)OCCCN(CC)CC. The zero-order valence-electron chi connectivity index (χ0n) is 39.8. The number of ether oxygens (including phenoxy) is 6. The molecule has 0 saturated heterocycles. The largest absolute Gasteiger partial charge is 0.508 e. The molecule has 0 aliphatic rings. The molecule has 0 spiro atoms. The molecule has 1 atom stereocenters. The molecule has 0 amide bonds. The van der Waals surface area contributed by atoms with Crippen molar-refractivity contribution in [3.8, 4) is 0 Å². The maximum absolute atomic E-state index is 12.9. The van der Waals surface area contributed by atoms with E-state index in [1.54, 1.807) is 0 Å². The lowest BCUT2D eigenvalue weighted by Gasteiger charge is -2.20. The molecule has 0 radical (unpaired) electrons. The first-order chi connectivity index (χ1) is 29.4. The molecule has 1 unspecified atom stereocenters. The Kier molecular flexibility index (Phi) is 44.7. The third-order valence-electron chi connectivity index (χ3n) is 11.0. The third kappa shape index (κ3) is 41.2. The molecule has 0 saturated carbocycles. The Labute approximate surface area is 369 Å². The molecule has 0 aliphatic heterocycles. The highest BCUT2D eigenvalue weighted by atomic mass is 16.7. The van der Waals surface area contributed by atoms with Crippen LogP contribution in [0.15, 0.2) is 12.2 Å². The van der Waals surface area contributed by atoms with Crippen molar-refractivity contribution >= 4 is 18.1 Å².